The van der Waals surface area contributed by atoms with Crippen molar-refractivity contribution in [1.82, 2.24) is 0 Å². The zero-order valence-corrected chi connectivity index (χ0v) is 16.3. The quantitative estimate of drug-likeness (QED) is 0.369. The molecule has 26 heavy (non-hydrogen) atoms. The number of nitrogens with zero attached hydrogens (tertiary/aromatic N) is 1. The van der Waals surface area contributed by atoms with Gasteiger partial charge < -0.3 is 0 Å². The highest BCUT2D eigenvalue weighted by Gasteiger charge is 2.20. The van der Waals surface area contributed by atoms with E-state index in [-0.39, 0.29) is 5.41 Å². The highest BCUT2D eigenvalue weighted by Crippen LogP contribution is 2.33. The van der Waals surface area contributed by atoms with E-state index in [4.69, 9.17) is 0 Å². The largest absolute Gasteiger partial charge is 0.220 e. The molecule has 0 fully saturated rings. The van der Waals surface area contributed by atoms with Crippen LogP contribution in [0.4, 0.5) is 0 Å². The number of pyridine rings is 1. The Morgan fingerprint density at radius 3 is 2.15 bits per heavy atom. The summed E-state index contributed by atoms with van der Waals surface area (Å²) in [5, 5.41) is 5.20. The van der Waals surface area contributed by atoms with E-state index in [0.717, 1.165) is 0 Å². The van der Waals surface area contributed by atoms with Crippen LogP contribution in [-0.2, 0) is 12.5 Å². The molecule has 4 rings (SSSR count). The van der Waals surface area contributed by atoms with Crippen LogP contribution in [0.5, 0.6) is 0 Å². The zero-order chi connectivity index (χ0) is 18.5. The van der Waals surface area contributed by atoms with Gasteiger partial charge in [0.1, 0.15) is 7.05 Å². The van der Waals surface area contributed by atoms with E-state index in [1.165, 1.54) is 43.9 Å². The zero-order valence-electron chi connectivity index (χ0n) is 16.3. The summed E-state index contributed by atoms with van der Waals surface area (Å²) in [4.78, 5) is 0. The number of benzene rings is 3. The van der Waals surface area contributed by atoms with Gasteiger partial charge in [0, 0.05) is 6.07 Å². The third kappa shape index (κ3) is 2.78. The molecule has 1 nitrogen and oxygen atoms in total. The molecule has 0 N–H and O–H groups in total. The molecule has 0 unspecified atom stereocenters. The first-order valence-corrected chi connectivity index (χ1v) is 9.27. The van der Waals surface area contributed by atoms with Crippen LogP contribution in [0.3, 0.4) is 0 Å². The molecule has 4 aromatic rings. The van der Waals surface area contributed by atoms with Gasteiger partial charge in [0.05, 0.1) is 10.9 Å². The molecule has 0 aliphatic carbocycles. The molecule has 0 saturated carbocycles. The average molecular weight is 340 g/mol. The number of rotatable bonds is 1. The fourth-order valence-electron chi connectivity index (χ4n) is 3.78. The van der Waals surface area contributed by atoms with Crippen molar-refractivity contribution in [2.45, 2.75) is 33.1 Å². The van der Waals surface area contributed by atoms with Crippen molar-refractivity contribution in [1.29, 1.82) is 0 Å². The molecule has 130 valence electrons. The van der Waals surface area contributed by atoms with Gasteiger partial charge in [0.15, 0.2) is 6.20 Å². The maximum absolute atomic E-state index is 2.34. The first-order valence-electron chi connectivity index (χ1n) is 9.27. The van der Waals surface area contributed by atoms with Gasteiger partial charge in [-0.15, -0.1) is 0 Å². The predicted octanol–water partition coefficient (Wildman–Crippen LogP) is 6.09. The highest BCUT2D eigenvalue weighted by molar-refractivity contribution is 5.97. The molecule has 0 aliphatic heterocycles. The molecule has 0 radical (unpaired) electrons. The lowest BCUT2D eigenvalue weighted by Gasteiger charge is -2.19. The summed E-state index contributed by atoms with van der Waals surface area (Å²) in [7, 11) is 2.14. The summed E-state index contributed by atoms with van der Waals surface area (Å²) in [5.41, 5.74) is 5.43. The van der Waals surface area contributed by atoms with Crippen molar-refractivity contribution < 1.29 is 4.57 Å². The second kappa shape index (κ2) is 5.95. The fourth-order valence-corrected chi connectivity index (χ4v) is 3.78. The number of aryl methyl sites for hydroxylation is 2. The number of hydrogen-bond donors (Lipinski definition) is 0. The molecule has 1 aromatic heterocycles. The van der Waals surface area contributed by atoms with Crippen LogP contribution in [0.25, 0.3) is 32.8 Å². The van der Waals surface area contributed by atoms with Gasteiger partial charge in [-0.2, -0.15) is 0 Å². The maximum atomic E-state index is 2.34. The van der Waals surface area contributed by atoms with Gasteiger partial charge in [-0.3, -0.25) is 0 Å². The van der Waals surface area contributed by atoms with Gasteiger partial charge in [-0.1, -0.05) is 63.2 Å². The lowest BCUT2D eigenvalue weighted by molar-refractivity contribution is -0.659. The Balaban J connectivity index is 2.02. The summed E-state index contributed by atoms with van der Waals surface area (Å²) in [6.45, 7) is 9.02. The van der Waals surface area contributed by atoms with Crippen LogP contribution < -0.4 is 4.57 Å². The Bertz CT molecular complexity index is 1130. The second-order valence-corrected chi connectivity index (χ2v) is 8.34. The minimum Gasteiger partial charge on any atom is -0.200 e. The van der Waals surface area contributed by atoms with E-state index in [9.17, 15) is 0 Å². The van der Waals surface area contributed by atoms with Crippen molar-refractivity contribution in [3.8, 4) is 11.3 Å². The molecular formula is C25H26N+. The monoisotopic (exact) mass is 340 g/mol. The van der Waals surface area contributed by atoms with E-state index < -0.39 is 0 Å². The van der Waals surface area contributed by atoms with Crippen LogP contribution in [0.15, 0.2) is 66.9 Å². The Morgan fingerprint density at radius 2 is 1.46 bits per heavy atom. The van der Waals surface area contributed by atoms with Crippen molar-refractivity contribution in [3.05, 3.63) is 78.0 Å². The normalized spacial score (nSPS) is 12.0. The number of aromatic nitrogens is 1. The molecular weight excluding hydrogens is 314 g/mol. The van der Waals surface area contributed by atoms with Crippen molar-refractivity contribution >= 4 is 21.5 Å². The summed E-state index contributed by atoms with van der Waals surface area (Å²) in [5.74, 6) is 0. The smallest absolute Gasteiger partial charge is 0.200 e. The van der Waals surface area contributed by atoms with Crippen LogP contribution in [0.2, 0.25) is 0 Å². The third-order valence-corrected chi connectivity index (χ3v) is 5.35. The Hall–Kier alpha value is -2.67. The van der Waals surface area contributed by atoms with Crippen LogP contribution in [-0.4, -0.2) is 0 Å². The SMILES string of the molecule is Cc1cc2ccccc2cc1-c1c2ccc(C(C)(C)C)cc2cc[n+]1C. The molecule has 1 heteroatoms. The molecule has 0 bridgehead atoms. The van der Waals surface area contributed by atoms with E-state index in [0.29, 0.717) is 0 Å². The van der Waals surface area contributed by atoms with E-state index in [2.05, 4.69) is 106 Å². The average Bonchev–Trinajstić information content (AvgIpc) is 2.60. The Morgan fingerprint density at radius 1 is 0.769 bits per heavy atom. The van der Waals surface area contributed by atoms with Crippen molar-refractivity contribution in [2.75, 3.05) is 0 Å². The van der Waals surface area contributed by atoms with E-state index in [1.807, 2.05) is 0 Å². The summed E-state index contributed by atoms with van der Waals surface area (Å²) in [6, 6.07) is 22.4. The Labute approximate surface area is 155 Å². The molecule has 1 heterocycles. The van der Waals surface area contributed by atoms with E-state index in [1.54, 1.807) is 0 Å². The maximum Gasteiger partial charge on any atom is 0.220 e. The third-order valence-electron chi connectivity index (χ3n) is 5.35. The highest BCUT2D eigenvalue weighted by atomic mass is 14.9. The molecule has 0 spiro atoms. The predicted molar refractivity (Wildman–Crippen MR) is 112 cm³/mol. The van der Waals surface area contributed by atoms with Gasteiger partial charge in [-0.25, -0.2) is 4.57 Å². The van der Waals surface area contributed by atoms with Gasteiger partial charge in [-0.05, 0) is 51.8 Å². The number of fused-ring (bicyclic) bond motifs is 2. The lowest BCUT2D eigenvalue weighted by atomic mass is 9.85. The summed E-state index contributed by atoms with van der Waals surface area (Å²) < 4.78 is 2.25. The van der Waals surface area contributed by atoms with Gasteiger partial charge in [0.2, 0.25) is 5.69 Å². The van der Waals surface area contributed by atoms with Crippen molar-refractivity contribution in [3.63, 3.8) is 0 Å². The molecule has 0 aliphatic rings. The van der Waals surface area contributed by atoms with Crippen LogP contribution in [0.1, 0.15) is 31.9 Å². The second-order valence-electron chi connectivity index (χ2n) is 8.34. The van der Waals surface area contributed by atoms with E-state index >= 15 is 0 Å². The standard InChI is InChI=1S/C25H26N/c1-17-14-18-8-6-7-9-19(18)16-23(17)24-22-11-10-21(25(2,3)4)15-20(22)12-13-26(24)5/h6-16H,1-5H3/q+1. The molecule has 0 atom stereocenters. The van der Waals surface area contributed by atoms with Crippen LogP contribution in [0, 0.1) is 6.92 Å². The topological polar surface area (TPSA) is 3.88 Å². The van der Waals surface area contributed by atoms with Gasteiger partial charge in [0.25, 0.3) is 0 Å². The molecule has 3 aromatic carbocycles. The van der Waals surface area contributed by atoms with Gasteiger partial charge >= 0.3 is 0 Å². The molecule has 0 saturated heterocycles. The minimum atomic E-state index is 0.158. The Kier molecular flexibility index (Phi) is 3.84. The molecule has 0 amide bonds. The van der Waals surface area contributed by atoms with Crippen molar-refractivity contribution in [2.24, 2.45) is 7.05 Å². The first kappa shape index (κ1) is 16.8. The van der Waals surface area contributed by atoms with Crippen LogP contribution >= 0.6 is 0 Å². The lowest BCUT2D eigenvalue weighted by Crippen LogP contribution is -2.30. The number of hydrogen-bond acceptors (Lipinski definition) is 0. The summed E-state index contributed by atoms with van der Waals surface area (Å²) >= 11 is 0. The fraction of sp³-hybridized carbons (Fsp3) is 0.240. The first-order chi connectivity index (χ1) is 12.3. The minimum absolute atomic E-state index is 0.158. The summed E-state index contributed by atoms with van der Waals surface area (Å²) in [6.07, 6.45) is 2.18.